The lowest BCUT2D eigenvalue weighted by atomic mass is 9.97. The van der Waals surface area contributed by atoms with Gasteiger partial charge in [-0.25, -0.2) is 4.39 Å². The number of amides is 1. The second kappa shape index (κ2) is 10.6. The number of carbonyl (C=O) groups is 1. The number of aryl methyl sites for hydroxylation is 1. The van der Waals surface area contributed by atoms with E-state index in [1.54, 1.807) is 13.2 Å². The fourth-order valence-electron chi connectivity index (χ4n) is 3.36. The molecule has 0 radical (unpaired) electrons. The standard InChI is InChI=1S/C25H27FN2O2/c1-3-18-11-13-19(14-12-18)25(20-8-6-9-22(26)15-20)28-17-24(29)27-16-21-7-4-5-10-23(21)30-2/h4-15,25,28H,3,16-17H2,1-2H3,(H,27,29)/t25-/m1/s1. The SMILES string of the molecule is CCc1ccc([C@@H](NCC(=O)NCc2ccccc2OC)c2cccc(F)c2)cc1. The van der Waals surface area contributed by atoms with Crippen LogP contribution >= 0.6 is 0 Å². The first-order chi connectivity index (χ1) is 14.6. The monoisotopic (exact) mass is 406 g/mol. The van der Waals surface area contributed by atoms with Gasteiger partial charge in [-0.2, -0.15) is 0 Å². The third-order valence-corrected chi connectivity index (χ3v) is 5.04. The summed E-state index contributed by atoms with van der Waals surface area (Å²) in [7, 11) is 1.61. The van der Waals surface area contributed by atoms with Gasteiger partial charge in [-0.3, -0.25) is 10.1 Å². The van der Waals surface area contributed by atoms with Crippen molar-refractivity contribution in [3.05, 3.63) is 101 Å². The highest BCUT2D eigenvalue weighted by atomic mass is 19.1. The summed E-state index contributed by atoms with van der Waals surface area (Å²) in [5.74, 6) is 0.289. The normalized spacial score (nSPS) is 11.7. The van der Waals surface area contributed by atoms with Gasteiger partial charge in [0.05, 0.1) is 19.7 Å². The predicted octanol–water partition coefficient (Wildman–Crippen LogP) is 4.39. The van der Waals surface area contributed by atoms with E-state index < -0.39 is 0 Å². The highest BCUT2D eigenvalue weighted by Gasteiger charge is 2.16. The van der Waals surface area contributed by atoms with Gasteiger partial charge in [0.2, 0.25) is 5.91 Å². The van der Waals surface area contributed by atoms with E-state index in [0.717, 1.165) is 28.9 Å². The topological polar surface area (TPSA) is 50.4 Å². The molecular formula is C25H27FN2O2. The number of hydrogen-bond donors (Lipinski definition) is 2. The highest BCUT2D eigenvalue weighted by Crippen LogP contribution is 2.23. The van der Waals surface area contributed by atoms with Gasteiger partial charge in [0, 0.05) is 12.1 Å². The minimum Gasteiger partial charge on any atom is -0.496 e. The molecule has 3 rings (SSSR count). The summed E-state index contributed by atoms with van der Waals surface area (Å²) in [6.07, 6.45) is 0.948. The zero-order valence-corrected chi connectivity index (χ0v) is 17.3. The number of para-hydroxylation sites is 1. The van der Waals surface area contributed by atoms with Crippen LogP contribution in [0.2, 0.25) is 0 Å². The van der Waals surface area contributed by atoms with Gasteiger partial charge in [-0.15, -0.1) is 0 Å². The molecule has 2 N–H and O–H groups in total. The van der Waals surface area contributed by atoms with E-state index in [0.29, 0.717) is 6.54 Å². The van der Waals surface area contributed by atoms with E-state index in [4.69, 9.17) is 4.74 Å². The van der Waals surface area contributed by atoms with E-state index in [-0.39, 0.29) is 24.3 Å². The van der Waals surface area contributed by atoms with Crippen LogP contribution in [-0.4, -0.2) is 19.6 Å². The number of methoxy groups -OCH3 is 1. The first kappa shape index (κ1) is 21.5. The van der Waals surface area contributed by atoms with E-state index in [1.165, 1.54) is 17.7 Å². The Balaban J connectivity index is 1.69. The van der Waals surface area contributed by atoms with Crippen LogP contribution in [0.3, 0.4) is 0 Å². The number of rotatable bonds is 9. The van der Waals surface area contributed by atoms with E-state index in [1.807, 2.05) is 42.5 Å². The summed E-state index contributed by atoms with van der Waals surface area (Å²) in [5, 5.41) is 6.18. The molecule has 0 bridgehead atoms. The molecule has 0 fully saturated rings. The van der Waals surface area contributed by atoms with Crippen molar-refractivity contribution in [2.24, 2.45) is 0 Å². The van der Waals surface area contributed by atoms with Crippen LogP contribution in [0.4, 0.5) is 4.39 Å². The van der Waals surface area contributed by atoms with Crippen molar-refractivity contribution in [1.29, 1.82) is 0 Å². The minimum atomic E-state index is -0.301. The third-order valence-electron chi connectivity index (χ3n) is 5.04. The molecule has 0 unspecified atom stereocenters. The quantitative estimate of drug-likeness (QED) is 0.554. The maximum Gasteiger partial charge on any atom is 0.234 e. The minimum absolute atomic E-state index is 0.103. The zero-order chi connectivity index (χ0) is 21.3. The molecule has 4 nitrogen and oxygen atoms in total. The number of halogens is 1. The first-order valence-corrected chi connectivity index (χ1v) is 10.1. The van der Waals surface area contributed by atoms with Crippen LogP contribution < -0.4 is 15.4 Å². The van der Waals surface area contributed by atoms with E-state index in [2.05, 4.69) is 29.7 Å². The van der Waals surface area contributed by atoms with Crippen molar-refractivity contribution >= 4 is 5.91 Å². The van der Waals surface area contributed by atoms with Crippen LogP contribution in [0.25, 0.3) is 0 Å². The molecule has 0 spiro atoms. The summed E-state index contributed by atoms with van der Waals surface area (Å²) in [6, 6.07) is 21.9. The van der Waals surface area contributed by atoms with Gasteiger partial charge in [0.25, 0.3) is 0 Å². The number of carbonyl (C=O) groups excluding carboxylic acids is 1. The van der Waals surface area contributed by atoms with Gasteiger partial charge in [0.15, 0.2) is 0 Å². The molecule has 1 amide bonds. The molecular weight excluding hydrogens is 379 g/mol. The van der Waals surface area contributed by atoms with Crippen LogP contribution in [-0.2, 0) is 17.8 Å². The summed E-state index contributed by atoms with van der Waals surface area (Å²) in [6.45, 7) is 2.58. The maximum absolute atomic E-state index is 13.8. The van der Waals surface area contributed by atoms with Crippen molar-refractivity contribution < 1.29 is 13.9 Å². The average molecular weight is 407 g/mol. The number of nitrogens with one attached hydrogen (secondary N) is 2. The Morgan fingerprint density at radius 2 is 1.77 bits per heavy atom. The van der Waals surface area contributed by atoms with Gasteiger partial charge in [-0.1, -0.05) is 61.5 Å². The molecule has 0 aliphatic heterocycles. The fourth-order valence-corrected chi connectivity index (χ4v) is 3.36. The van der Waals surface area contributed by atoms with Crippen molar-refractivity contribution in [2.75, 3.05) is 13.7 Å². The van der Waals surface area contributed by atoms with Gasteiger partial charge < -0.3 is 10.1 Å². The Morgan fingerprint density at radius 1 is 1.00 bits per heavy atom. The number of benzene rings is 3. The number of hydrogen-bond acceptors (Lipinski definition) is 3. The highest BCUT2D eigenvalue weighted by molar-refractivity contribution is 5.78. The Morgan fingerprint density at radius 3 is 2.47 bits per heavy atom. The second-order valence-electron chi connectivity index (χ2n) is 7.05. The fraction of sp³-hybridized carbons (Fsp3) is 0.240. The summed E-state index contributed by atoms with van der Waals surface area (Å²) in [5.41, 5.74) is 3.89. The van der Waals surface area contributed by atoms with Gasteiger partial charge >= 0.3 is 0 Å². The van der Waals surface area contributed by atoms with Crippen molar-refractivity contribution in [1.82, 2.24) is 10.6 Å². The molecule has 0 aliphatic carbocycles. The smallest absolute Gasteiger partial charge is 0.234 e. The van der Waals surface area contributed by atoms with Gasteiger partial charge in [0.1, 0.15) is 11.6 Å². The third kappa shape index (κ3) is 5.67. The molecule has 0 aromatic heterocycles. The average Bonchev–Trinajstić information content (AvgIpc) is 2.78. The molecule has 5 heteroatoms. The maximum atomic E-state index is 13.8. The summed E-state index contributed by atoms with van der Waals surface area (Å²) < 4.78 is 19.1. The predicted molar refractivity (Wildman–Crippen MR) is 117 cm³/mol. The Hall–Kier alpha value is -3.18. The molecule has 0 aliphatic rings. The zero-order valence-electron chi connectivity index (χ0n) is 17.3. The molecule has 0 heterocycles. The lowest BCUT2D eigenvalue weighted by Gasteiger charge is -2.20. The Kier molecular flexibility index (Phi) is 7.57. The lowest BCUT2D eigenvalue weighted by Crippen LogP contribution is -2.36. The lowest BCUT2D eigenvalue weighted by molar-refractivity contribution is -0.120. The Labute approximate surface area is 177 Å². The molecule has 3 aromatic carbocycles. The molecule has 156 valence electrons. The molecule has 30 heavy (non-hydrogen) atoms. The molecule has 0 saturated carbocycles. The largest absolute Gasteiger partial charge is 0.496 e. The van der Waals surface area contributed by atoms with Crippen molar-refractivity contribution in [2.45, 2.75) is 25.9 Å². The first-order valence-electron chi connectivity index (χ1n) is 10.1. The van der Waals surface area contributed by atoms with Crippen LogP contribution in [0, 0.1) is 5.82 Å². The Bertz CT molecular complexity index is 973. The van der Waals surface area contributed by atoms with E-state index >= 15 is 0 Å². The second-order valence-corrected chi connectivity index (χ2v) is 7.05. The molecule has 1 atom stereocenters. The van der Waals surface area contributed by atoms with Gasteiger partial charge in [-0.05, 0) is 41.3 Å². The molecule has 0 saturated heterocycles. The van der Waals surface area contributed by atoms with Crippen LogP contribution in [0.1, 0.15) is 35.2 Å². The summed E-state index contributed by atoms with van der Waals surface area (Å²) in [4.78, 5) is 12.5. The van der Waals surface area contributed by atoms with Crippen LogP contribution in [0.15, 0.2) is 72.8 Å². The molecule has 3 aromatic rings. The van der Waals surface area contributed by atoms with Crippen molar-refractivity contribution in [3.63, 3.8) is 0 Å². The van der Waals surface area contributed by atoms with Crippen LogP contribution in [0.5, 0.6) is 5.75 Å². The number of ether oxygens (including phenoxy) is 1. The van der Waals surface area contributed by atoms with E-state index in [9.17, 15) is 9.18 Å². The van der Waals surface area contributed by atoms with Crippen molar-refractivity contribution in [3.8, 4) is 5.75 Å². The summed E-state index contributed by atoms with van der Waals surface area (Å²) >= 11 is 0.